The number of halogens is 1. The molecule has 0 saturated heterocycles. The van der Waals surface area contributed by atoms with E-state index in [-0.39, 0.29) is 11.3 Å². The first-order valence-electron chi connectivity index (χ1n) is 7.45. The molecule has 0 bridgehead atoms. The fourth-order valence-electron chi connectivity index (χ4n) is 2.09. The Bertz CT molecular complexity index is 944. The van der Waals surface area contributed by atoms with E-state index in [9.17, 15) is 18.0 Å². The van der Waals surface area contributed by atoms with Gasteiger partial charge in [0.15, 0.2) is 6.61 Å². The van der Waals surface area contributed by atoms with Gasteiger partial charge in [-0.05, 0) is 71.5 Å². The van der Waals surface area contributed by atoms with Crippen molar-refractivity contribution >= 4 is 55.9 Å². The molecule has 0 spiro atoms. The Morgan fingerprint density at radius 3 is 2.54 bits per heavy atom. The molecule has 0 saturated carbocycles. The van der Waals surface area contributed by atoms with Crippen LogP contribution in [0.15, 0.2) is 42.5 Å². The molecule has 9 heteroatoms. The van der Waals surface area contributed by atoms with Crippen molar-refractivity contribution in [2.45, 2.75) is 6.92 Å². The number of benzene rings is 2. The van der Waals surface area contributed by atoms with Gasteiger partial charge in [-0.15, -0.1) is 0 Å². The fraction of sp³-hybridized carbons (Fsp3) is 0.176. The number of amides is 1. The zero-order valence-corrected chi connectivity index (χ0v) is 17.1. The molecule has 2 aromatic rings. The van der Waals surface area contributed by atoms with Crippen molar-refractivity contribution in [3.8, 4) is 0 Å². The van der Waals surface area contributed by atoms with E-state index in [4.69, 9.17) is 4.74 Å². The summed E-state index contributed by atoms with van der Waals surface area (Å²) >= 11 is 2.17. The van der Waals surface area contributed by atoms with Crippen molar-refractivity contribution in [3.63, 3.8) is 0 Å². The van der Waals surface area contributed by atoms with Gasteiger partial charge in [-0.2, -0.15) is 0 Å². The number of nitrogens with one attached hydrogen (secondary N) is 2. The van der Waals surface area contributed by atoms with Crippen LogP contribution in [-0.2, 0) is 19.6 Å². The number of sulfonamides is 1. The Kier molecular flexibility index (Phi) is 6.59. The summed E-state index contributed by atoms with van der Waals surface area (Å²) in [5.41, 5.74) is 1.92. The highest BCUT2D eigenvalue weighted by atomic mass is 127. The molecule has 0 aliphatic carbocycles. The molecule has 0 atom stereocenters. The monoisotopic (exact) mass is 488 g/mol. The normalized spacial score (nSPS) is 10.9. The first-order valence-corrected chi connectivity index (χ1v) is 10.4. The maximum atomic E-state index is 12.1. The van der Waals surface area contributed by atoms with Crippen molar-refractivity contribution in [3.05, 3.63) is 57.2 Å². The van der Waals surface area contributed by atoms with Gasteiger partial charge in [0.05, 0.1) is 11.8 Å². The van der Waals surface area contributed by atoms with Crippen molar-refractivity contribution in [2.75, 3.05) is 22.9 Å². The molecule has 0 aliphatic heterocycles. The lowest BCUT2D eigenvalue weighted by molar-refractivity contribution is -0.119. The third-order valence-corrected chi connectivity index (χ3v) is 4.48. The van der Waals surface area contributed by atoms with Crippen LogP contribution in [0.2, 0.25) is 0 Å². The van der Waals surface area contributed by atoms with Crippen LogP contribution in [0.3, 0.4) is 0 Å². The maximum Gasteiger partial charge on any atom is 0.338 e. The molecular weight excluding hydrogens is 471 g/mol. The van der Waals surface area contributed by atoms with Crippen LogP contribution in [0.4, 0.5) is 11.4 Å². The second-order valence-corrected chi connectivity index (χ2v) is 8.53. The highest BCUT2D eigenvalue weighted by Gasteiger charge is 2.12. The molecule has 26 heavy (non-hydrogen) atoms. The Morgan fingerprint density at radius 2 is 1.88 bits per heavy atom. The number of anilines is 2. The molecule has 0 heterocycles. The van der Waals surface area contributed by atoms with Crippen LogP contribution in [0.25, 0.3) is 0 Å². The average molecular weight is 488 g/mol. The Hall–Kier alpha value is -2.14. The Morgan fingerprint density at radius 1 is 1.15 bits per heavy atom. The molecule has 7 nitrogen and oxygen atoms in total. The smallest absolute Gasteiger partial charge is 0.338 e. The lowest BCUT2D eigenvalue weighted by Gasteiger charge is -2.10. The van der Waals surface area contributed by atoms with E-state index in [0.29, 0.717) is 5.69 Å². The number of hydrogen-bond acceptors (Lipinski definition) is 5. The summed E-state index contributed by atoms with van der Waals surface area (Å²) in [6, 6.07) is 11.4. The van der Waals surface area contributed by atoms with Gasteiger partial charge >= 0.3 is 5.97 Å². The van der Waals surface area contributed by atoms with Gasteiger partial charge in [0, 0.05) is 14.9 Å². The molecule has 0 aliphatic rings. The number of rotatable bonds is 6. The summed E-state index contributed by atoms with van der Waals surface area (Å²) in [6.07, 6.45) is 1.01. The van der Waals surface area contributed by atoms with Crippen LogP contribution in [0, 0.1) is 10.5 Å². The summed E-state index contributed by atoms with van der Waals surface area (Å²) in [5, 5.41) is 2.68. The number of esters is 1. The number of ether oxygens (including phenoxy) is 1. The molecule has 0 radical (unpaired) electrons. The summed E-state index contributed by atoms with van der Waals surface area (Å²) in [5.74, 6) is -1.19. The van der Waals surface area contributed by atoms with Crippen LogP contribution < -0.4 is 10.0 Å². The fourth-order valence-corrected chi connectivity index (χ4v) is 3.29. The first kappa shape index (κ1) is 20.2. The number of carbonyl (C=O) groups is 2. The van der Waals surface area contributed by atoms with Gasteiger partial charge in [0.25, 0.3) is 5.91 Å². The zero-order valence-electron chi connectivity index (χ0n) is 14.1. The van der Waals surface area contributed by atoms with Crippen LogP contribution in [0.5, 0.6) is 0 Å². The SMILES string of the molecule is Cc1cc(I)ccc1NC(=O)COC(=O)c1cccc(NS(C)(=O)=O)c1. The van der Waals surface area contributed by atoms with Crippen molar-refractivity contribution in [1.82, 2.24) is 0 Å². The number of aryl methyl sites for hydroxylation is 1. The topological polar surface area (TPSA) is 102 Å². The number of hydrogen-bond donors (Lipinski definition) is 2. The summed E-state index contributed by atoms with van der Waals surface area (Å²) in [7, 11) is -3.45. The Balaban J connectivity index is 1.95. The van der Waals surface area contributed by atoms with E-state index in [0.717, 1.165) is 15.4 Å². The van der Waals surface area contributed by atoms with Crippen molar-refractivity contribution in [1.29, 1.82) is 0 Å². The molecule has 2 aromatic carbocycles. The van der Waals surface area contributed by atoms with Crippen LogP contribution >= 0.6 is 22.6 Å². The van der Waals surface area contributed by atoms with E-state index < -0.39 is 28.5 Å². The minimum absolute atomic E-state index is 0.136. The average Bonchev–Trinajstić information content (AvgIpc) is 2.54. The second-order valence-electron chi connectivity index (χ2n) is 5.54. The predicted octanol–water partition coefficient (Wildman–Crippen LogP) is 2.77. The molecule has 2 N–H and O–H groups in total. The molecule has 2 rings (SSSR count). The minimum atomic E-state index is -3.45. The molecule has 0 aromatic heterocycles. The lowest BCUT2D eigenvalue weighted by Crippen LogP contribution is -2.21. The number of carbonyl (C=O) groups excluding carboxylic acids is 2. The van der Waals surface area contributed by atoms with E-state index in [2.05, 4.69) is 32.6 Å². The van der Waals surface area contributed by atoms with Gasteiger partial charge in [-0.25, -0.2) is 13.2 Å². The Labute approximate surface area is 165 Å². The minimum Gasteiger partial charge on any atom is -0.452 e. The van der Waals surface area contributed by atoms with E-state index in [1.165, 1.54) is 24.3 Å². The van der Waals surface area contributed by atoms with Gasteiger partial charge < -0.3 is 10.1 Å². The van der Waals surface area contributed by atoms with Crippen molar-refractivity contribution in [2.24, 2.45) is 0 Å². The zero-order chi connectivity index (χ0) is 19.3. The van der Waals surface area contributed by atoms with Crippen LogP contribution in [0.1, 0.15) is 15.9 Å². The second kappa shape index (κ2) is 8.49. The van der Waals surface area contributed by atoms with E-state index in [1.807, 2.05) is 19.1 Å². The standard InChI is InChI=1S/C17H17IN2O5S/c1-11-8-13(18)6-7-15(11)19-16(21)10-25-17(22)12-4-3-5-14(9-12)20-26(2,23)24/h3-9,20H,10H2,1-2H3,(H,19,21). The maximum absolute atomic E-state index is 12.1. The predicted molar refractivity (Wildman–Crippen MR) is 108 cm³/mol. The quantitative estimate of drug-likeness (QED) is 0.481. The third-order valence-electron chi connectivity index (χ3n) is 3.20. The molecule has 1 amide bonds. The van der Waals surface area contributed by atoms with Gasteiger partial charge in [0.1, 0.15) is 0 Å². The van der Waals surface area contributed by atoms with Crippen molar-refractivity contribution < 1.29 is 22.7 Å². The van der Waals surface area contributed by atoms with Gasteiger partial charge in [-0.3, -0.25) is 9.52 Å². The lowest BCUT2D eigenvalue weighted by atomic mass is 10.2. The summed E-state index contributed by atoms with van der Waals surface area (Å²) in [6.45, 7) is 1.41. The highest BCUT2D eigenvalue weighted by Crippen LogP contribution is 2.18. The molecule has 0 fully saturated rings. The first-order chi connectivity index (χ1) is 12.1. The third kappa shape index (κ3) is 6.30. The summed E-state index contributed by atoms with van der Waals surface area (Å²) < 4.78 is 30.8. The van der Waals surface area contributed by atoms with E-state index >= 15 is 0 Å². The molecule has 0 unspecified atom stereocenters. The largest absolute Gasteiger partial charge is 0.452 e. The summed E-state index contributed by atoms with van der Waals surface area (Å²) in [4.78, 5) is 24.0. The van der Waals surface area contributed by atoms with Gasteiger partial charge in [0.2, 0.25) is 10.0 Å². The molecular formula is C17H17IN2O5S. The van der Waals surface area contributed by atoms with Crippen LogP contribution in [-0.4, -0.2) is 33.2 Å². The highest BCUT2D eigenvalue weighted by molar-refractivity contribution is 14.1. The van der Waals surface area contributed by atoms with E-state index in [1.54, 1.807) is 6.07 Å². The molecule has 138 valence electrons. The van der Waals surface area contributed by atoms with Gasteiger partial charge in [-0.1, -0.05) is 6.07 Å².